The van der Waals surface area contributed by atoms with E-state index in [2.05, 4.69) is 5.32 Å². The minimum Gasteiger partial charge on any atom is -0.444 e. The van der Waals surface area contributed by atoms with Crippen molar-refractivity contribution in [1.29, 1.82) is 0 Å². The number of alkyl carbamates (subject to hydrolysis) is 1. The molecule has 0 aromatic heterocycles. The summed E-state index contributed by atoms with van der Waals surface area (Å²) in [5.74, 6) is 0.101. The molecular formula is C11H19NO3. The Morgan fingerprint density at radius 1 is 1.33 bits per heavy atom. The number of hydrogen-bond donors (Lipinski definition) is 1. The standard InChI is InChI=1S/C11H19NO3/c1-8(13)7-11(5-6-11)12-9(14)15-10(2,3)4/h5-7H2,1-4H3,(H,12,14). The molecule has 1 fully saturated rings. The summed E-state index contributed by atoms with van der Waals surface area (Å²) >= 11 is 0. The van der Waals surface area contributed by atoms with Crippen molar-refractivity contribution in [3.63, 3.8) is 0 Å². The highest BCUT2D eigenvalue weighted by molar-refractivity contribution is 5.79. The summed E-state index contributed by atoms with van der Waals surface area (Å²) in [6.07, 6.45) is 1.71. The minimum atomic E-state index is -0.490. The second-order valence-corrected chi connectivity index (χ2v) is 5.29. The predicted molar refractivity (Wildman–Crippen MR) is 56.6 cm³/mol. The second kappa shape index (κ2) is 3.83. The lowest BCUT2D eigenvalue weighted by atomic mass is 10.1. The van der Waals surface area contributed by atoms with Crippen LogP contribution in [0.15, 0.2) is 0 Å². The Balaban J connectivity index is 2.41. The molecule has 0 aromatic carbocycles. The maximum absolute atomic E-state index is 11.5. The Morgan fingerprint density at radius 2 is 1.87 bits per heavy atom. The van der Waals surface area contributed by atoms with E-state index in [1.165, 1.54) is 6.92 Å². The van der Waals surface area contributed by atoms with E-state index in [-0.39, 0.29) is 11.3 Å². The Hall–Kier alpha value is -1.06. The molecule has 1 rings (SSSR count). The van der Waals surface area contributed by atoms with Gasteiger partial charge in [-0.3, -0.25) is 4.79 Å². The molecule has 1 amide bonds. The third kappa shape index (κ3) is 4.32. The summed E-state index contributed by atoms with van der Waals surface area (Å²) in [7, 11) is 0. The van der Waals surface area contributed by atoms with Crippen molar-refractivity contribution in [3.8, 4) is 0 Å². The molecule has 0 saturated heterocycles. The van der Waals surface area contributed by atoms with Crippen molar-refractivity contribution in [1.82, 2.24) is 5.32 Å². The van der Waals surface area contributed by atoms with Crippen molar-refractivity contribution < 1.29 is 14.3 Å². The molecule has 0 aromatic rings. The molecule has 0 spiro atoms. The number of ketones is 1. The molecule has 1 saturated carbocycles. The highest BCUT2D eigenvalue weighted by Gasteiger charge is 2.45. The zero-order valence-corrected chi connectivity index (χ0v) is 9.85. The first-order valence-electron chi connectivity index (χ1n) is 5.23. The molecule has 15 heavy (non-hydrogen) atoms. The van der Waals surface area contributed by atoms with Gasteiger partial charge in [0, 0.05) is 6.42 Å². The summed E-state index contributed by atoms with van der Waals surface area (Å²) in [6, 6.07) is 0. The second-order valence-electron chi connectivity index (χ2n) is 5.29. The van der Waals surface area contributed by atoms with Crippen molar-refractivity contribution in [2.24, 2.45) is 0 Å². The van der Waals surface area contributed by atoms with Gasteiger partial charge in [-0.05, 0) is 40.5 Å². The zero-order valence-electron chi connectivity index (χ0n) is 9.85. The molecule has 4 heteroatoms. The highest BCUT2D eigenvalue weighted by Crippen LogP contribution is 2.39. The van der Waals surface area contributed by atoms with Crippen LogP contribution in [0.1, 0.15) is 47.0 Å². The lowest BCUT2D eigenvalue weighted by Crippen LogP contribution is -2.41. The maximum atomic E-state index is 11.5. The fourth-order valence-corrected chi connectivity index (χ4v) is 1.49. The smallest absolute Gasteiger partial charge is 0.408 e. The zero-order chi connectivity index (χ0) is 11.7. The van der Waals surface area contributed by atoms with Crippen LogP contribution in [0.3, 0.4) is 0 Å². The third-order valence-electron chi connectivity index (χ3n) is 2.21. The van der Waals surface area contributed by atoms with Crippen LogP contribution in [0.25, 0.3) is 0 Å². The molecule has 0 atom stereocenters. The molecule has 86 valence electrons. The van der Waals surface area contributed by atoms with Gasteiger partial charge in [0.2, 0.25) is 0 Å². The molecule has 4 nitrogen and oxygen atoms in total. The van der Waals surface area contributed by atoms with E-state index in [1.807, 2.05) is 20.8 Å². The number of carbonyl (C=O) groups excluding carboxylic acids is 2. The normalized spacial score (nSPS) is 18.1. The number of ether oxygens (including phenoxy) is 1. The molecule has 0 bridgehead atoms. The van der Waals surface area contributed by atoms with Gasteiger partial charge in [-0.1, -0.05) is 0 Å². The van der Waals surface area contributed by atoms with E-state index in [9.17, 15) is 9.59 Å². The Bertz CT molecular complexity index is 274. The fourth-order valence-electron chi connectivity index (χ4n) is 1.49. The molecule has 1 aliphatic rings. The van der Waals surface area contributed by atoms with Gasteiger partial charge in [-0.25, -0.2) is 4.79 Å². The molecule has 1 N–H and O–H groups in total. The van der Waals surface area contributed by atoms with E-state index in [4.69, 9.17) is 4.74 Å². The lowest BCUT2D eigenvalue weighted by Gasteiger charge is -2.22. The quantitative estimate of drug-likeness (QED) is 0.780. The van der Waals surface area contributed by atoms with Crippen LogP contribution >= 0.6 is 0 Å². The van der Waals surface area contributed by atoms with Crippen LogP contribution in [-0.2, 0) is 9.53 Å². The van der Waals surface area contributed by atoms with Crippen LogP contribution < -0.4 is 5.32 Å². The van der Waals surface area contributed by atoms with Gasteiger partial charge in [0.05, 0.1) is 5.54 Å². The van der Waals surface area contributed by atoms with Crippen molar-refractivity contribution in [2.45, 2.75) is 58.1 Å². The number of nitrogens with one attached hydrogen (secondary N) is 1. The summed E-state index contributed by atoms with van der Waals surface area (Å²) in [4.78, 5) is 22.4. The lowest BCUT2D eigenvalue weighted by molar-refractivity contribution is -0.117. The first-order chi connectivity index (χ1) is 6.72. The Morgan fingerprint density at radius 3 is 2.20 bits per heavy atom. The average molecular weight is 213 g/mol. The van der Waals surface area contributed by atoms with Gasteiger partial charge in [-0.15, -0.1) is 0 Å². The monoisotopic (exact) mass is 213 g/mol. The summed E-state index contributed by atoms with van der Waals surface area (Å²) in [5, 5.41) is 2.77. The summed E-state index contributed by atoms with van der Waals surface area (Å²) in [6.45, 7) is 6.99. The molecule has 1 aliphatic carbocycles. The fraction of sp³-hybridized carbons (Fsp3) is 0.818. The van der Waals surface area contributed by atoms with Crippen LogP contribution in [0.4, 0.5) is 4.79 Å². The van der Waals surface area contributed by atoms with Crippen molar-refractivity contribution in [2.75, 3.05) is 0 Å². The molecule has 0 heterocycles. The van der Waals surface area contributed by atoms with E-state index < -0.39 is 11.7 Å². The Kier molecular flexibility index (Phi) is 3.07. The molecule has 0 unspecified atom stereocenters. The van der Waals surface area contributed by atoms with Gasteiger partial charge in [0.25, 0.3) is 0 Å². The number of carbonyl (C=O) groups is 2. The van der Waals surface area contributed by atoms with Gasteiger partial charge in [-0.2, -0.15) is 0 Å². The third-order valence-corrected chi connectivity index (χ3v) is 2.21. The first-order valence-corrected chi connectivity index (χ1v) is 5.23. The van der Waals surface area contributed by atoms with E-state index >= 15 is 0 Å². The Labute approximate surface area is 90.4 Å². The minimum absolute atomic E-state index is 0.101. The molecule has 0 aliphatic heterocycles. The van der Waals surface area contributed by atoms with E-state index in [1.54, 1.807) is 0 Å². The summed E-state index contributed by atoms with van der Waals surface area (Å²) in [5.41, 5.74) is -0.801. The van der Waals surface area contributed by atoms with Crippen LogP contribution in [-0.4, -0.2) is 23.0 Å². The van der Waals surface area contributed by atoms with Crippen LogP contribution in [0, 0.1) is 0 Å². The van der Waals surface area contributed by atoms with E-state index in [0.29, 0.717) is 6.42 Å². The number of Topliss-reactive ketones (excluding diaryl/α,β-unsaturated/α-hetero) is 1. The van der Waals surface area contributed by atoms with Gasteiger partial charge < -0.3 is 10.1 Å². The number of amides is 1. The molecular weight excluding hydrogens is 194 g/mol. The largest absolute Gasteiger partial charge is 0.444 e. The van der Waals surface area contributed by atoms with Crippen molar-refractivity contribution in [3.05, 3.63) is 0 Å². The van der Waals surface area contributed by atoms with Gasteiger partial charge in [0.1, 0.15) is 11.4 Å². The maximum Gasteiger partial charge on any atom is 0.408 e. The molecule has 0 radical (unpaired) electrons. The first kappa shape index (κ1) is 12.0. The highest BCUT2D eigenvalue weighted by atomic mass is 16.6. The summed E-state index contributed by atoms with van der Waals surface area (Å²) < 4.78 is 5.13. The SMILES string of the molecule is CC(=O)CC1(NC(=O)OC(C)(C)C)CC1. The number of hydrogen-bond acceptors (Lipinski definition) is 3. The van der Waals surface area contributed by atoms with Crippen molar-refractivity contribution >= 4 is 11.9 Å². The van der Waals surface area contributed by atoms with Gasteiger partial charge in [0.15, 0.2) is 0 Å². The van der Waals surface area contributed by atoms with Crippen LogP contribution in [0.2, 0.25) is 0 Å². The van der Waals surface area contributed by atoms with Crippen LogP contribution in [0.5, 0.6) is 0 Å². The number of rotatable bonds is 3. The van der Waals surface area contributed by atoms with Gasteiger partial charge >= 0.3 is 6.09 Å². The predicted octanol–water partition coefficient (Wildman–Crippen LogP) is 2.02. The topological polar surface area (TPSA) is 55.4 Å². The average Bonchev–Trinajstić information content (AvgIpc) is 2.61. The van der Waals surface area contributed by atoms with E-state index in [0.717, 1.165) is 12.8 Å².